The Kier molecular flexibility index (Phi) is 6.04. The molecule has 3 heterocycles. The van der Waals surface area contributed by atoms with Gasteiger partial charge in [-0.15, -0.1) is 0 Å². The molecule has 0 bridgehead atoms. The summed E-state index contributed by atoms with van der Waals surface area (Å²) in [5, 5.41) is 0. The van der Waals surface area contributed by atoms with Crippen molar-refractivity contribution in [2.45, 2.75) is 6.92 Å². The number of anilines is 1. The standard InChI is InChI=1S/C28H31N7O/c1-2-36-22-7-3-19(4-8-22)27-30-23-9-5-20(17-25(23)32-27)28-31-24-10-6-21(18-26(24)33-28)35-15-13-34(12-11-29)14-16-35/h3-10,17-18H,2,11-16,29H2,1H3,(H,30,32)(H,31,33). The van der Waals surface area contributed by atoms with E-state index in [0.717, 1.165) is 89.9 Å². The number of hydrogen-bond donors (Lipinski definition) is 3. The summed E-state index contributed by atoms with van der Waals surface area (Å²) in [6.45, 7) is 8.45. The van der Waals surface area contributed by atoms with Gasteiger partial charge in [-0.25, -0.2) is 9.97 Å². The number of piperazine rings is 1. The van der Waals surface area contributed by atoms with Gasteiger partial charge in [-0.2, -0.15) is 0 Å². The minimum atomic E-state index is 0.655. The highest BCUT2D eigenvalue weighted by Crippen LogP contribution is 2.28. The molecule has 2 aromatic heterocycles. The average molecular weight is 482 g/mol. The van der Waals surface area contributed by atoms with Gasteiger partial charge in [0.2, 0.25) is 0 Å². The number of H-pyrrole nitrogens is 2. The number of ether oxygens (including phenoxy) is 1. The van der Waals surface area contributed by atoms with Crippen LogP contribution in [-0.4, -0.2) is 70.7 Å². The lowest BCUT2D eigenvalue weighted by molar-refractivity contribution is 0.265. The molecule has 6 rings (SSSR count). The number of nitrogens with two attached hydrogens (primary N) is 1. The molecule has 184 valence electrons. The van der Waals surface area contributed by atoms with Gasteiger partial charge >= 0.3 is 0 Å². The summed E-state index contributed by atoms with van der Waals surface area (Å²) in [6, 6.07) is 20.7. The number of fused-ring (bicyclic) bond motifs is 2. The van der Waals surface area contributed by atoms with Gasteiger partial charge in [0.15, 0.2) is 0 Å². The van der Waals surface area contributed by atoms with Crippen LogP contribution in [0.25, 0.3) is 44.8 Å². The van der Waals surface area contributed by atoms with Crippen LogP contribution in [0, 0.1) is 0 Å². The first-order valence-electron chi connectivity index (χ1n) is 12.6. The van der Waals surface area contributed by atoms with Crippen molar-refractivity contribution in [3.05, 3.63) is 60.7 Å². The summed E-state index contributed by atoms with van der Waals surface area (Å²) in [5.41, 5.74) is 12.9. The van der Waals surface area contributed by atoms with Crippen LogP contribution in [0.5, 0.6) is 5.75 Å². The van der Waals surface area contributed by atoms with Gasteiger partial charge in [0.05, 0.1) is 28.7 Å². The number of imidazole rings is 2. The average Bonchev–Trinajstić information content (AvgIpc) is 3.53. The van der Waals surface area contributed by atoms with Crippen molar-refractivity contribution in [3.63, 3.8) is 0 Å². The number of aromatic nitrogens is 4. The molecule has 1 fully saturated rings. The highest BCUT2D eigenvalue weighted by atomic mass is 16.5. The van der Waals surface area contributed by atoms with E-state index in [2.05, 4.69) is 50.1 Å². The van der Waals surface area contributed by atoms with Crippen molar-refractivity contribution in [1.82, 2.24) is 24.8 Å². The van der Waals surface area contributed by atoms with E-state index in [1.807, 2.05) is 37.3 Å². The largest absolute Gasteiger partial charge is 0.494 e. The second-order valence-electron chi connectivity index (χ2n) is 9.18. The fourth-order valence-electron chi connectivity index (χ4n) is 4.91. The van der Waals surface area contributed by atoms with E-state index in [4.69, 9.17) is 20.4 Å². The van der Waals surface area contributed by atoms with Crippen LogP contribution >= 0.6 is 0 Å². The molecule has 0 saturated carbocycles. The Morgan fingerprint density at radius 3 is 2.14 bits per heavy atom. The summed E-state index contributed by atoms with van der Waals surface area (Å²) in [5.74, 6) is 2.56. The first kappa shape index (κ1) is 22.6. The minimum Gasteiger partial charge on any atom is -0.494 e. The lowest BCUT2D eigenvalue weighted by Gasteiger charge is -2.35. The molecule has 36 heavy (non-hydrogen) atoms. The number of aromatic amines is 2. The number of nitrogens with zero attached hydrogens (tertiary/aromatic N) is 4. The Bertz CT molecular complexity index is 1480. The lowest BCUT2D eigenvalue weighted by Crippen LogP contribution is -2.47. The van der Waals surface area contributed by atoms with E-state index in [9.17, 15) is 0 Å². The molecule has 1 aliphatic heterocycles. The molecule has 3 aromatic carbocycles. The predicted molar refractivity (Wildman–Crippen MR) is 145 cm³/mol. The molecular weight excluding hydrogens is 450 g/mol. The molecule has 1 aliphatic rings. The summed E-state index contributed by atoms with van der Waals surface area (Å²) >= 11 is 0. The normalized spacial score (nSPS) is 14.7. The molecule has 0 atom stereocenters. The topological polar surface area (TPSA) is 99.1 Å². The summed E-state index contributed by atoms with van der Waals surface area (Å²) < 4.78 is 5.55. The molecule has 5 aromatic rings. The minimum absolute atomic E-state index is 0.655. The summed E-state index contributed by atoms with van der Waals surface area (Å²) in [7, 11) is 0. The fourth-order valence-corrected chi connectivity index (χ4v) is 4.91. The second-order valence-corrected chi connectivity index (χ2v) is 9.18. The Balaban J connectivity index is 1.24. The second kappa shape index (κ2) is 9.64. The van der Waals surface area contributed by atoms with E-state index < -0.39 is 0 Å². The zero-order valence-electron chi connectivity index (χ0n) is 20.5. The third-order valence-corrected chi connectivity index (χ3v) is 6.84. The van der Waals surface area contributed by atoms with Crippen molar-refractivity contribution in [2.24, 2.45) is 5.73 Å². The fraction of sp³-hybridized carbons (Fsp3) is 0.286. The first-order valence-corrected chi connectivity index (χ1v) is 12.6. The van der Waals surface area contributed by atoms with E-state index in [0.29, 0.717) is 6.61 Å². The monoisotopic (exact) mass is 481 g/mol. The van der Waals surface area contributed by atoms with E-state index in [1.54, 1.807) is 0 Å². The maximum atomic E-state index is 5.71. The van der Waals surface area contributed by atoms with Crippen LogP contribution in [-0.2, 0) is 0 Å². The molecule has 0 radical (unpaired) electrons. The molecular formula is C28H31N7O. The van der Waals surface area contributed by atoms with Gasteiger partial charge in [0.25, 0.3) is 0 Å². The highest BCUT2D eigenvalue weighted by Gasteiger charge is 2.17. The Morgan fingerprint density at radius 1 is 0.806 bits per heavy atom. The molecule has 4 N–H and O–H groups in total. The Hall–Kier alpha value is -3.88. The molecule has 8 nitrogen and oxygen atoms in total. The maximum absolute atomic E-state index is 5.71. The molecule has 1 saturated heterocycles. The summed E-state index contributed by atoms with van der Waals surface area (Å²) in [6.07, 6.45) is 0. The van der Waals surface area contributed by atoms with Crippen LogP contribution in [0.2, 0.25) is 0 Å². The van der Waals surface area contributed by atoms with E-state index >= 15 is 0 Å². The van der Waals surface area contributed by atoms with Crippen molar-refractivity contribution < 1.29 is 4.74 Å². The van der Waals surface area contributed by atoms with Crippen molar-refractivity contribution >= 4 is 27.8 Å². The third-order valence-electron chi connectivity index (χ3n) is 6.84. The van der Waals surface area contributed by atoms with Gasteiger partial charge in [-0.1, -0.05) is 0 Å². The quantitative estimate of drug-likeness (QED) is 0.321. The van der Waals surface area contributed by atoms with Crippen LogP contribution in [0.1, 0.15) is 6.92 Å². The zero-order valence-corrected chi connectivity index (χ0v) is 20.5. The number of hydrogen-bond acceptors (Lipinski definition) is 6. The van der Waals surface area contributed by atoms with E-state index in [1.165, 1.54) is 5.69 Å². The SMILES string of the molecule is CCOc1ccc(-c2nc3ccc(-c4nc5ccc(N6CCN(CCN)CC6)cc5[nH]4)cc3[nH]2)cc1. The van der Waals surface area contributed by atoms with Crippen LogP contribution < -0.4 is 15.4 Å². The van der Waals surface area contributed by atoms with Crippen LogP contribution in [0.3, 0.4) is 0 Å². The lowest BCUT2D eigenvalue weighted by atomic mass is 10.2. The number of benzene rings is 3. The number of nitrogens with one attached hydrogen (secondary N) is 2. The van der Waals surface area contributed by atoms with Gasteiger partial charge in [0, 0.05) is 56.1 Å². The van der Waals surface area contributed by atoms with E-state index in [-0.39, 0.29) is 0 Å². The summed E-state index contributed by atoms with van der Waals surface area (Å²) in [4.78, 5) is 21.5. The highest BCUT2D eigenvalue weighted by molar-refractivity contribution is 5.87. The van der Waals surface area contributed by atoms with Gasteiger partial charge in [-0.05, 0) is 67.6 Å². The Labute approximate surface area is 210 Å². The van der Waals surface area contributed by atoms with Crippen molar-refractivity contribution in [2.75, 3.05) is 50.8 Å². The molecule has 0 amide bonds. The third kappa shape index (κ3) is 4.41. The smallest absolute Gasteiger partial charge is 0.138 e. The molecule has 0 aliphatic carbocycles. The first-order chi connectivity index (χ1) is 17.7. The van der Waals surface area contributed by atoms with Crippen LogP contribution in [0.15, 0.2) is 60.7 Å². The van der Waals surface area contributed by atoms with Crippen LogP contribution in [0.4, 0.5) is 5.69 Å². The zero-order chi connectivity index (χ0) is 24.5. The van der Waals surface area contributed by atoms with Crippen molar-refractivity contribution in [3.8, 4) is 28.5 Å². The van der Waals surface area contributed by atoms with Gasteiger partial charge < -0.3 is 25.3 Å². The van der Waals surface area contributed by atoms with Gasteiger partial charge in [0.1, 0.15) is 17.4 Å². The number of rotatable bonds is 7. The molecule has 8 heteroatoms. The maximum Gasteiger partial charge on any atom is 0.138 e. The Morgan fingerprint density at radius 2 is 1.44 bits per heavy atom. The molecule has 0 spiro atoms. The molecule has 0 unspecified atom stereocenters. The van der Waals surface area contributed by atoms with Crippen molar-refractivity contribution in [1.29, 1.82) is 0 Å². The predicted octanol–water partition coefficient (Wildman–Crippen LogP) is 4.25. The van der Waals surface area contributed by atoms with Gasteiger partial charge in [-0.3, -0.25) is 4.90 Å².